The van der Waals surface area contributed by atoms with Gasteiger partial charge in [0.25, 0.3) is 0 Å². The van der Waals surface area contributed by atoms with E-state index in [0.717, 1.165) is 52.2 Å². The fraction of sp³-hybridized carbons (Fsp3) is 1.00. The summed E-state index contributed by atoms with van der Waals surface area (Å²) in [4.78, 5) is 0. The number of rotatable bonds is 0. The normalized spacial score (nSPS) is 39.9. The highest BCUT2D eigenvalue weighted by atomic mass is 16.6. The van der Waals surface area contributed by atoms with Gasteiger partial charge >= 0.3 is 0 Å². The van der Waals surface area contributed by atoms with Gasteiger partial charge in [0.2, 0.25) is 0 Å². The van der Waals surface area contributed by atoms with E-state index < -0.39 is 0 Å². The van der Waals surface area contributed by atoms with Crippen molar-refractivity contribution in [3.05, 3.63) is 0 Å². The molecular weight excluding hydrogens is 218 g/mol. The molecule has 3 heterocycles. The zero-order chi connectivity index (χ0) is 12.0. The molecule has 0 aliphatic carbocycles. The molecule has 0 aromatic rings. The second-order valence-electron chi connectivity index (χ2n) is 6.24. The first-order valence-electron chi connectivity index (χ1n) is 6.68. The molecule has 2 spiro atoms. The molecule has 1 unspecified atom stereocenters. The quantitative estimate of drug-likeness (QED) is 0.694. The Morgan fingerprint density at radius 1 is 0.941 bits per heavy atom. The zero-order valence-electron chi connectivity index (χ0n) is 10.9. The lowest BCUT2D eigenvalue weighted by Crippen LogP contribution is -2.69. The molecule has 1 N–H and O–H groups in total. The molecule has 4 nitrogen and oxygen atoms in total. The minimum absolute atomic E-state index is 0.102. The molecule has 0 saturated carbocycles. The van der Waals surface area contributed by atoms with E-state index in [1.54, 1.807) is 0 Å². The molecule has 3 rings (SSSR count). The lowest BCUT2D eigenvalue weighted by atomic mass is 9.71. The highest BCUT2D eigenvalue weighted by Crippen LogP contribution is 2.47. The Balaban J connectivity index is 1.84. The summed E-state index contributed by atoms with van der Waals surface area (Å²) in [5.41, 5.74) is -0.135. The van der Waals surface area contributed by atoms with Crippen LogP contribution in [0.1, 0.15) is 33.1 Å². The van der Waals surface area contributed by atoms with Gasteiger partial charge in [-0.05, 0) is 0 Å². The molecular formula is C13H23NO3. The van der Waals surface area contributed by atoms with Crippen LogP contribution in [0.3, 0.4) is 0 Å². The van der Waals surface area contributed by atoms with E-state index in [1.807, 2.05) is 0 Å². The van der Waals surface area contributed by atoms with Gasteiger partial charge in [0, 0.05) is 37.8 Å². The van der Waals surface area contributed by atoms with Crippen molar-refractivity contribution >= 4 is 0 Å². The molecule has 3 fully saturated rings. The van der Waals surface area contributed by atoms with Crippen LogP contribution in [-0.2, 0) is 14.2 Å². The maximum absolute atomic E-state index is 6.56. The van der Waals surface area contributed by atoms with Crippen LogP contribution in [-0.4, -0.2) is 44.3 Å². The predicted octanol–water partition coefficient (Wildman–Crippen LogP) is 1.30. The number of hydrogen-bond donors (Lipinski definition) is 1. The van der Waals surface area contributed by atoms with Crippen LogP contribution in [0.2, 0.25) is 0 Å². The highest BCUT2D eigenvalue weighted by molar-refractivity contribution is 5.05. The SMILES string of the molecule is CC1(C)CNC2(CCOCC2)OC12CCOC2. The molecule has 98 valence electrons. The van der Waals surface area contributed by atoms with E-state index in [-0.39, 0.29) is 16.7 Å². The Morgan fingerprint density at radius 2 is 1.65 bits per heavy atom. The third-order valence-electron chi connectivity index (χ3n) is 4.76. The summed E-state index contributed by atoms with van der Waals surface area (Å²) in [5, 5.41) is 3.62. The molecule has 0 aromatic heterocycles. The van der Waals surface area contributed by atoms with Gasteiger partial charge in [-0.25, -0.2) is 0 Å². The average Bonchev–Trinajstić information content (AvgIpc) is 2.77. The third-order valence-corrected chi connectivity index (χ3v) is 4.76. The molecule has 0 radical (unpaired) electrons. The summed E-state index contributed by atoms with van der Waals surface area (Å²) in [6.45, 7) is 8.72. The van der Waals surface area contributed by atoms with Crippen LogP contribution in [0.5, 0.6) is 0 Å². The molecule has 1 atom stereocenters. The van der Waals surface area contributed by atoms with Crippen molar-refractivity contribution in [1.82, 2.24) is 5.32 Å². The van der Waals surface area contributed by atoms with Crippen LogP contribution in [0.4, 0.5) is 0 Å². The molecule has 17 heavy (non-hydrogen) atoms. The molecule has 3 aliphatic rings. The Morgan fingerprint density at radius 3 is 2.29 bits per heavy atom. The van der Waals surface area contributed by atoms with Crippen LogP contribution < -0.4 is 5.32 Å². The Hall–Kier alpha value is -0.160. The highest BCUT2D eigenvalue weighted by Gasteiger charge is 2.57. The zero-order valence-corrected chi connectivity index (χ0v) is 10.9. The second-order valence-corrected chi connectivity index (χ2v) is 6.24. The topological polar surface area (TPSA) is 39.7 Å². The van der Waals surface area contributed by atoms with Crippen molar-refractivity contribution < 1.29 is 14.2 Å². The van der Waals surface area contributed by atoms with E-state index in [9.17, 15) is 0 Å². The first-order valence-corrected chi connectivity index (χ1v) is 6.68. The van der Waals surface area contributed by atoms with Crippen LogP contribution in [0.25, 0.3) is 0 Å². The smallest absolute Gasteiger partial charge is 0.124 e. The fourth-order valence-corrected chi connectivity index (χ4v) is 3.23. The predicted molar refractivity (Wildman–Crippen MR) is 63.8 cm³/mol. The van der Waals surface area contributed by atoms with Crippen molar-refractivity contribution in [2.24, 2.45) is 5.41 Å². The Bertz CT molecular complexity index is 291. The fourth-order valence-electron chi connectivity index (χ4n) is 3.23. The first-order chi connectivity index (χ1) is 8.08. The molecule has 0 bridgehead atoms. The molecule has 3 saturated heterocycles. The first kappa shape index (κ1) is 11.9. The molecule has 4 heteroatoms. The van der Waals surface area contributed by atoms with Crippen molar-refractivity contribution in [2.45, 2.75) is 44.4 Å². The maximum Gasteiger partial charge on any atom is 0.124 e. The van der Waals surface area contributed by atoms with E-state index in [4.69, 9.17) is 14.2 Å². The van der Waals surface area contributed by atoms with Gasteiger partial charge in [0.05, 0.1) is 19.8 Å². The van der Waals surface area contributed by atoms with Gasteiger partial charge in [0.15, 0.2) is 0 Å². The van der Waals surface area contributed by atoms with E-state index in [1.165, 1.54) is 0 Å². The standard InChI is InChI=1S/C13H23NO3/c1-11(2)9-14-13(4-7-15-8-5-13)17-12(11)3-6-16-10-12/h14H,3-10H2,1-2H3. The minimum Gasteiger partial charge on any atom is -0.381 e. The van der Waals surface area contributed by atoms with E-state index in [2.05, 4.69) is 19.2 Å². The summed E-state index contributed by atoms with van der Waals surface area (Å²) < 4.78 is 17.6. The van der Waals surface area contributed by atoms with Crippen molar-refractivity contribution in [3.63, 3.8) is 0 Å². The van der Waals surface area contributed by atoms with Crippen molar-refractivity contribution in [3.8, 4) is 0 Å². The summed E-state index contributed by atoms with van der Waals surface area (Å²) in [7, 11) is 0. The van der Waals surface area contributed by atoms with Crippen molar-refractivity contribution in [1.29, 1.82) is 0 Å². The summed E-state index contributed by atoms with van der Waals surface area (Å²) in [5.74, 6) is 0. The monoisotopic (exact) mass is 241 g/mol. The summed E-state index contributed by atoms with van der Waals surface area (Å²) in [6.07, 6.45) is 2.92. The van der Waals surface area contributed by atoms with Crippen LogP contribution in [0, 0.1) is 5.41 Å². The second kappa shape index (κ2) is 3.92. The molecule has 3 aliphatic heterocycles. The molecule has 0 amide bonds. The Labute approximate surface area is 103 Å². The van der Waals surface area contributed by atoms with Gasteiger partial charge in [0.1, 0.15) is 11.3 Å². The number of hydrogen-bond acceptors (Lipinski definition) is 4. The number of ether oxygens (including phenoxy) is 3. The van der Waals surface area contributed by atoms with E-state index in [0.29, 0.717) is 0 Å². The van der Waals surface area contributed by atoms with Gasteiger partial charge in [-0.15, -0.1) is 0 Å². The van der Waals surface area contributed by atoms with Gasteiger partial charge < -0.3 is 14.2 Å². The molecule has 0 aromatic carbocycles. The number of nitrogens with one attached hydrogen (secondary N) is 1. The van der Waals surface area contributed by atoms with Crippen LogP contribution >= 0.6 is 0 Å². The Kier molecular flexibility index (Phi) is 2.74. The van der Waals surface area contributed by atoms with E-state index >= 15 is 0 Å². The van der Waals surface area contributed by atoms with Gasteiger partial charge in [-0.1, -0.05) is 13.8 Å². The largest absolute Gasteiger partial charge is 0.381 e. The lowest BCUT2D eigenvalue weighted by molar-refractivity contribution is -0.268. The average molecular weight is 241 g/mol. The van der Waals surface area contributed by atoms with Gasteiger partial charge in [-0.3, -0.25) is 5.32 Å². The lowest BCUT2D eigenvalue weighted by Gasteiger charge is -2.56. The minimum atomic E-state index is -0.165. The summed E-state index contributed by atoms with van der Waals surface area (Å²) >= 11 is 0. The van der Waals surface area contributed by atoms with Crippen molar-refractivity contribution in [2.75, 3.05) is 33.0 Å². The van der Waals surface area contributed by atoms with Crippen LogP contribution in [0.15, 0.2) is 0 Å². The maximum atomic E-state index is 6.56. The summed E-state index contributed by atoms with van der Waals surface area (Å²) in [6, 6.07) is 0. The third kappa shape index (κ3) is 1.82. The van der Waals surface area contributed by atoms with Gasteiger partial charge in [-0.2, -0.15) is 0 Å².